The van der Waals surface area contributed by atoms with E-state index in [1.807, 2.05) is 41.9 Å². The number of rotatable bonds is 2. The minimum Gasteiger partial charge on any atom is -0.307 e. The van der Waals surface area contributed by atoms with Crippen LogP contribution in [-0.4, -0.2) is 9.38 Å². The van der Waals surface area contributed by atoms with E-state index in [2.05, 4.69) is 4.98 Å². The monoisotopic (exact) mass is 240 g/mol. The molecule has 0 N–H and O–H groups in total. The van der Waals surface area contributed by atoms with Crippen molar-refractivity contribution in [3.8, 4) is 0 Å². The first-order valence-corrected chi connectivity index (χ1v) is 5.90. The highest BCUT2D eigenvalue weighted by molar-refractivity contribution is 5.48. The fraction of sp³-hybridized carbons (Fsp3) is 0.133. The van der Waals surface area contributed by atoms with E-state index in [0.29, 0.717) is 12.0 Å². The van der Waals surface area contributed by atoms with Crippen LogP contribution in [0.1, 0.15) is 16.8 Å². The molecule has 0 amide bonds. The summed E-state index contributed by atoms with van der Waals surface area (Å²) < 4.78 is 15.6. The average molecular weight is 240 g/mol. The maximum Gasteiger partial charge on any atom is 0.139 e. The maximum atomic E-state index is 13.6. The molecule has 0 saturated heterocycles. The molecule has 2 heterocycles. The molecule has 0 bridgehead atoms. The van der Waals surface area contributed by atoms with Crippen molar-refractivity contribution in [1.82, 2.24) is 9.38 Å². The number of pyridine rings is 1. The average Bonchev–Trinajstić information content (AvgIpc) is 2.76. The lowest BCUT2D eigenvalue weighted by atomic mass is 10.1. The third-order valence-corrected chi connectivity index (χ3v) is 3.06. The van der Waals surface area contributed by atoms with Crippen molar-refractivity contribution in [2.45, 2.75) is 13.3 Å². The number of nitrogens with zero attached hydrogens (tertiary/aromatic N) is 2. The van der Waals surface area contributed by atoms with Gasteiger partial charge in [0.2, 0.25) is 0 Å². The van der Waals surface area contributed by atoms with E-state index in [0.717, 1.165) is 16.9 Å². The summed E-state index contributed by atoms with van der Waals surface area (Å²) in [6, 6.07) is 10.8. The second-order valence-electron chi connectivity index (χ2n) is 4.42. The SMILES string of the molecule is Cc1cccn2cc(Cc3ccccc3F)nc12. The highest BCUT2D eigenvalue weighted by Gasteiger charge is 2.07. The smallest absolute Gasteiger partial charge is 0.139 e. The van der Waals surface area contributed by atoms with Crippen LogP contribution in [0, 0.1) is 12.7 Å². The zero-order valence-corrected chi connectivity index (χ0v) is 10.1. The Morgan fingerprint density at radius 3 is 2.78 bits per heavy atom. The zero-order chi connectivity index (χ0) is 12.5. The molecule has 3 aromatic rings. The summed E-state index contributed by atoms with van der Waals surface area (Å²) in [4.78, 5) is 4.54. The Morgan fingerprint density at radius 1 is 1.17 bits per heavy atom. The standard InChI is InChI=1S/C15H13FN2/c1-11-5-4-8-18-10-13(17-15(11)18)9-12-6-2-3-7-14(12)16/h2-8,10H,9H2,1H3. The van der Waals surface area contributed by atoms with Crippen LogP contribution in [-0.2, 0) is 6.42 Å². The fourth-order valence-electron chi connectivity index (χ4n) is 2.13. The third kappa shape index (κ3) is 1.88. The summed E-state index contributed by atoms with van der Waals surface area (Å²) in [6.45, 7) is 2.02. The molecule has 0 radical (unpaired) electrons. The zero-order valence-electron chi connectivity index (χ0n) is 10.1. The summed E-state index contributed by atoms with van der Waals surface area (Å²) in [5.41, 5.74) is 3.62. The van der Waals surface area contributed by atoms with E-state index < -0.39 is 0 Å². The van der Waals surface area contributed by atoms with E-state index in [-0.39, 0.29) is 5.82 Å². The van der Waals surface area contributed by atoms with Crippen LogP contribution in [0.15, 0.2) is 48.8 Å². The molecule has 0 aliphatic heterocycles. The fourth-order valence-corrected chi connectivity index (χ4v) is 2.13. The van der Waals surface area contributed by atoms with Gasteiger partial charge in [0.1, 0.15) is 11.5 Å². The van der Waals surface area contributed by atoms with Crippen molar-refractivity contribution in [2.75, 3.05) is 0 Å². The molecule has 90 valence electrons. The normalized spacial score (nSPS) is 11.0. The van der Waals surface area contributed by atoms with Crippen LogP contribution in [0.5, 0.6) is 0 Å². The van der Waals surface area contributed by atoms with Gasteiger partial charge < -0.3 is 4.40 Å². The van der Waals surface area contributed by atoms with Crippen LogP contribution < -0.4 is 0 Å². The van der Waals surface area contributed by atoms with E-state index in [4.69, 9.17) is 0 Å². The molecule has 0 fully saturated rings. The molecule has 18 heavy (non-hydrogen) atoms. The van der Waals surface area contributed by atoms with Gasteiger partial charge in [0.05, 0.1) is 5.69 Å². The lowest BCUT2D eigenvalue weighted by molar-refractivity contribution is 0.613. The molecular formula is C15H13FN2. The molecule has 0 unspecified atom stereocenters. The summed E-state index contributed by atoms with van der Waals surface area (Å²) in [6.07, 6.45) is 4.43. The molecule has 2 nitrogen and oxygen atoms in total. The van der Waals surface area contributed by atoms with Crippen LogP contribution in [0.3, 0.4) is 0 Å². The number of benzene rings is 1. The Balaban J connectivity index is 2.01. The van der Waals surface area contributed by atoms with Gasteiger partial charge in [-0.2, -0.15) is 0 Å². The summed E-state index contributed by atoms with van der Waals surface area (Å²) in [5, 5.41) is 0. The number of imidazole rings is 1. The van der Waals surface area contributed by atoms with E-state index in [1.54, 1.807) is 12.1 Å². The number of halogens is 1. The van der Waals surface area contributed by atoms with Gasteiger partial charge in [0.15, 0.2) is 0 Å². The number of hydrogen-bond acceptors (Lipinski definition) is 1. The molecule has 0 aliphatic carbocycles. The first-order valence-electron chi connectivity index (χ1n) is 5.90. The van der Waals surface area contributed by atoms with Crippen LogP contribution >= 0.6 is 0 Å². The summed E-state index contributed by atoms with van der Waals surface area (Å²) >= 11 is 0. The Morgan fingerprint density at radius 2 is 2.00 bits per heavy atom. The van der Waals surface area contributed by atoms with Crippen molar-refractivity contribution in [3.05, 3.63) is 71.4 Å². The second-order valence-corrected chi connectivity index (χ2v) is 4.42. The van der Waals surface area contributed by atoms with Gasteiger partial charge in [-0.05, 0) is 30.2 Å². The Kier molecular flexibility index (Phi) is 2.59. The van der Waals surface area contributed by atoms with Gasteiger partial charge in [0.25, 0.3) is 0 Å². The first kappa shape index (κ1) is 11.0. The topological polar surface area (TPSA) is 17.3 Å². The molecule has 0 atom stereocenters. The van der Waals surface area contributed by atoms with Crippen molar-refractivity contribution in [1.29, 1.82) is 0 Å². The van der Waals surface area contributed by atoms with Gasteiger partial charge in [-0.15, -0.1) is 0 Å². The van der Waals surface area contributed by atoms with Crippen LogP contribution in [0.25, 0.3) is 5.65 Å². The molecule has 2 aromatic heterocycles. The number of fused-ring (bicyclic) bond motifs is 1. The van der Waals surface area contributed by atoms with E-state index in [1.165, 1.54) is 6.07 Å². The van der Waals surface area contributed by atoms with Crippen molar-refractivity contribution in [3.63, 3.8) is 0 Å². The molecule has 1 aromatic carbocycles. The van der Waals surface area contributed by atoms with E-state index >= 15 is 0 Å². The quantitative estimate of drug-likeness (QED) is 0.671. The predicted octanol–water partition coefficient (Wildman–Crippen LogP) is 3.37. The lowest BCUT2D eigenvalue weighted by Crippen LogP contribution is -1.92. The molecular weight excluding hydrogens is 227 g/mol. The summed E-state index contributed by atoms with van der Waals surface area (Å²) in [7, 11) is 0. The highest BCUT2D eigenvalue weighted by atomic mass is 19.1. The largest absolute Gasteiger partial charge is 0.307 e. The van der Waals surface area contributed by atoms with Gasteiger partial charge in [0, 0.05) is 18.8 Å². The van der Waals surface area contributed by atoms with Crippen molar-refractivity contribution in [2.24, 2.45) is 0 Å². The molecule has 0 spiro atoms. The maximum absolute atomic E-state index is 13.6. The number of hydrogen-bond donors (Lipinski definition) is 0. The molecule has 0 aliphatic rings. The van der Waals surface area contributed by atoms with Gasteiger partial charge >= 0.3 is 0 Å². The Labute approximate surface area is 105 Å². The highest BCUT2D eigenvalue weighted by Crippen LogP contribution is 2.15. The molecule has 3 heteroatoms. The number of aryl methyl sites for hydroxylation is 1. The van der Waals surface area contributed by atoms with Gasteiger partial charge in [-0.3, -0.25) is 0 Å². The molecule has 3 rings (SSSR count). The van der Waals surface area contributed by atoms with E-state index in [9.17, 15) is 4.39 Å². The van der Waals surface area contributed by atoms with Gasteiger partial charge in [-0.1, -0.05) is 24.3 Å². The van der Waals surface area contributed by atoms with Crippen LogP contribution in [0.2, 0.25) is 0 Å². The van der Waals surface area contributed by atoms with Crippen molar-refractivity contribution < 1.29 is 4.39 Å². The Bertz CT molecular complexity index is 701. The van der Waals surface area contributed by atoms with Crippen LogP contribution in [0.4, 0.5) is 4.39 Å². The third-order valence-electron chi connectivity index (χ3n) is 3.06. The lowest BCUT2D eigenvalue weighted by Gasteiger charge is -1.98. The Hall–Kier alpha value is -2.16. The number of aromatic nitrogens is 2. The molecule has 0 saturated carbocycles. The van der Waals surface area contributed by atoms with Gasteiger partial charge in [-0.25, -0.2) is 9.37 Å². The van der Waals surface area contributed by atoms with Crippen molar-refractivity contribution >= 4 is 5.65 Å². The second kappa shape index (κ2) is 4.26. The first-order chi connectivity index (χ1) is 8.74. The minimum atomic E-state index is -0.175. The summed E-state index contributed by atoms with van der Waals surface area (Å²) in [5.74, 6) is -0.175. The predicted molar refractivity (Wildman–Crippen MR) is 69.1 cm³/mol. The minimum absolute atomic E-state index is 0.175.